The fourth-order valence-corrected chi connectivity index (χ4v) is 3.79. The largest absolute Gasteiger partial charge is 0.0770 e. The maximum atomic E-state index is 2.49. The van der Waals surface area contributed by atoms with Crippen LogP contribution in [-0.4, -0.2) is 0 Å². The lowest BCUT2D eigenvalue weighted by Crippen LogP contribution is -2.43. The van der Waals surface area contributed by atoms with E-state index in [-0.39, 0.29) is 0 Å². The van der Waals surface area contributed by atoms with Crippen molar-refractivity contribution in [2.24, 2.45) is 22.7 Å². The molecular formula is C16H26. The van der Waals surface area contributed by atoms with Crippen LogP contribution in [-0.2, 0) is 0 Å². The van der Waals surface area contributed by atoms with Crippen molar-refractivity contribution in [2.75, 3.05) is 0 Å². The average Bonchev–Trinajstić information content (AvgIpc) is 2.89. The Bertz CT molecular complexity index is 286. The molecule has 0 aliphatic heterocycles. The Kier molecular flexibility index (Phi) is 3.03. The summed E-state index contributed by atoms with van der Waals surface area (Å²) < 4.78 is 0. The molecule has 0 aromatic heterocycles. The van der Waals surface area contributed by atoms with Gasteiger partial charge in [0.1, 0.15) is 0 Å². The Morgan fingerprint density at radius 2 is 1.56 bits per heavy atom. The van der Waals surface area contributed by atoms with E-state index in [4.69, 9.17) is 0 Å². The van der Waals surface area contributed by atoms with Crippen LogP contribution in [0.3, 0.4) is 0 Å². The summed E-state index contributed by atoms with van der Waals surface area (Å²) in [7, 11) is 0. The van der Waals surface area contributed by atoms with Gasteiger partial charge >= 0.3 is 0 Å². The van der Waals surface area contributed by atoms with Gasteiger partial charge in [0.05, 0.1) is 0 Å². The first-order chi connectivity index (χ1) is 7.51. The van der Waals surface area contributed by atoms with Crippen molar-refractivity contribution >= 4 is 0 Å². The molecule has 2 aliphatic carbocycles. The Labute approximate surface area is 101 Å². The Balaban J connectivity index is 2.35. The van der Waals surface area contributed by atoms with E-state index in [0.717, 1.165) is 5.92 Å². The molecule has 0 aromatic carbocycles. The lowest BCUT2D eigenvalue weighted by Gasteiger charge is -2.50. The molecule has 0 aromatic rings. The van der Waals surface area contributed by atoms with Crippen LogP contribution in [0.1, 0.15) is 53.4 Å². The average molecular weight is 218 g/mol. The van der Waals surface area contributed by atoms with Gasteiger partial charge in [-0.3, -0.25) is 0 Å². The molecule has 1 saturated carbocycles. The van der Waals surface area contributed by atoms with E-state index in [9.17, 15) is 0 Å². The lowest BCUT2D eigenvalue weighted by molar-refractivity contribution is 0.00447. The first-order valence-electron chi connectivity index (χ1n) is 6.86. The van der Waals surface area contributed by atoms with Crippen molar-refractivity contribution in [3.05, 3.63) is 24.3 Å². The highest BCUT2D eigenvalue weighted by Gasteiger charge is 2.51. The highest BCUT2D eigenvalue weighted by atomic mass is 14.6. The maximum Gasteiger partial charge on any atom is 0.00145 e. The molecule has 1 fully saturated rings. The van der Waals surface area contributed by atoms with E-state index in [0.29, 0.717) is 16.7 Å². The molecule has 0 atom stereocenters. The van der Waals surface area contributed by atoms with Crippen LogP contribution in [0.2, 0.25) is 0 Å². The third kappa shape index (κ3) is 1.58. The maximum absolute atomic E-state index is 2.49. The third-order valence-corrected chi connectivity index (χ3v) is 5.61. The quantitative estimate of drug-likeness (QED) is 0.627. The summed E-state index contributed by atoms with van der Waals surface area (Å²) in [6.45, 7) is 9.76. The molecule has 0 spiro atoms. The molecule has 2 aliphatic rings. The van der Waals surface area contributed by atoms with Crippen LogP contribution in [0.4, 0.5) is 0 Å². The zero-order chi connectivity index (χ0) is 11.8. The van der Waals surface area contributed by atoms with Crippen molar-refractivity contribution in [2.45, 2.75) is 53.4 Å². The Morgan fingerprint density at radius 1 is 1.06 bits per heavy atom. The molecule has 2 rings (SSSR count). The van der Waals surface area contributed by atoms with Gasteiger partial charge in [-0.1, -0.05) is 64.8 Å². The molecule has 0 bridgehead atoms. The van der Waals surface area contributed by atoms with E-state index >= 15 is 0 Å². The van der Waals surface area contributed by atoms with Gasteiger partial charge in [0.25, 0.3) is 0 Å². The summed E-state index contributed by atoms with van der Waals surface area (Å²) in [6.07, 6.45) is 15.0. The van der Waals surface area contributed by atoms with Gasteiger partial charge in [-0.2, -0.15) is 0 Å². The first-order valence-corrected chi connectivity index (χ1v) is 6.86. The minimum atomic E-state index is 0.438. The molecule has 0 nitrogen and oxygen atoms in total. The smallest absolute Gasteiger partial charge is 0.00145 e. The molecular weight excluding hydrogens is 192 g/mol. The minimum absolute atomic E-state index is 0.438. The van der Waals surface area contributed by atoms with E-state index in [1.807, 2.05) is 0 Å². The molecule has 0 saturated heterocycles. The summed E-state index contributed by atoms with van der Waals surface area (Å²) in [4.78, 5) is 0. The summed E-state index contributed by atoms with van der Waals surface area (Å²) in [5.74, 6) is 1.44. The Morgan fingerprint density at radius 3 is 2.00 bits per heavy atom. The lowest BCUT2D eigenvalue weighted by atomic mass is 9.54. The Hall–Kier alpha value is -0.520. The van der Waals surface area contributed by atoms with E-state index < -0.39 is 0 Å². The highest BCUT2D eigenvalue weighted by molar-refractivity contribution is 5.23. The van der Waals surface area contributed by atoms with Gasteiger partial charge in [0, 0.05) is 5.92 Å². The number of hydrogen-bond donors (Lipinski definition) is 0. The second-order valence-corrected chi connectivity index (χ2v) is 6.54. The van der Waals surface area contributed by atoms with Crippen LogP contribution < -0.4 is 0 Å². The summed E-state index contributed by atoms with van der Waals surface area (Å²) >= 11 is 0. The van der Waals surface area contributed by atoms with Gasteiger partial charge < -0.3 is 0 Å². The monoisotopic (exact) mass is 218 g/mol. The molecule has 0 radical (unpaired) electrons. The van der Waals surface area contributed by atoms with E-state index in [1.54, 1.807) is 0 Å². The van der Waals surface area contributed by atoms with Crippen LogP contribution in [0.5, 0.6) is 0 Å². The fraction of sp³-hybridized carbons (Fsp3) is 0.750. The second-order valence-electron chi connectivity index (χ2n) is 6.54. The van der Waals surface area contributed by atoms with Crippen molar-refractivity contribution in [1.82, 2.24) is 0 Å². The summed E-state index contributed by atoms with van der Waals surface area (Å²) in [6, 6.07) is 0. The molecule has 16 heavy (non-hydrogen) atoms. The van der Waals surface area contributed by atoms with Gasteiger partial charge in [-0.15, -0.1) is 0 Å². The molecule has 90 valence electrons. The van der Waals surface area contributed by atoms with Crippen LogP contribution in [0.15, 0.2) is 24.3 Å². The van der Waals surface area contributed by atoms with Crippen molar-refractivity contribution < 1.29 is 0 Å². The predicted octanol–water partition coefficient (Wildman–Crippen LogP) is 4.97. The van der Waals surface area contributed by atoms with Crippen molar-refractivity contribution in [3.8, 4) is 0 Å². The first kappa shape index (κ1) is 12.0. The van der Waals surface area contributed by atoms with Gasteiger partial charge in [-0.05, 0) is 29.6 Å². The number of rotatable bonds is 3. The molecule has 0 unspecified atom stereocenters. The molecule has 0 heteroatoms. The van der Waals surface area contributed by atoms with Crippen molar-refractivity contribution in [1.29, 1.82) is 0 Å². The summed E-state index contributed by atoms with van der Waals surface area (Å²) in [5, 5.41) is 0. The zero-order valence-electron chi connectivity index (χ0n) is 11.3. The third-order valence-electron chi connectivity index (χ3n) is 5.61. The predicted molar refractivity (Wildman–Crippen MR) is 71.3 cm³/mol. The fourth-order valence-electron chi connectivity index (χ4n) is 3.79. The van der Waals surface area contributed by atoms with Crippen LogP contribution >= 0.6 is 0 Å². The number of hydrogen-bond acceptors (Lipinski definition) is 0. The standard InChI is InChI=1S/C16H26/c1-13(2)15(3,4)16(11-7-8-12-16)14-9-5-6-10-14/h5-6,9-10,13-14H,7-8,11-12H2,1-4H3. The van der Waals surface area contributed by atoms with Gasteiger partial charge in [0.15, 0.2) is 0 Å². The van der Waals surface area contributed by atoms with Crippen LogP contribution in [0, 0.1) is 22.7 Å². The number of allylic oxidation sites excluding steroid dienone is 4. The second kappa shape index (κ2) is 4.05. The minimum Gasteiger partial charge on any atom is -0.0770 e. The van der Waals surface area contributed by atoms with Crippen LogP contribution in [0.25, 0.3) is 0 Å². The molecule has 0 amide bonds. The topological polar surface area (TPSA) is 0 Å². The van der Waals surface area contributed by atoms with Gasteiger partial charge in [0.2, 0.25) is 0 Å². The zero-order valence-corrected chi connectivity index (χ0v) is 11.3. The highest BCUT2D eigenvalue weighted by Crippen LogP contribution is 2.60. The molecule has 0 heterocycles. The van der Waals surface area contributed by atoms with Crippen molar-refractivity contribution in [3.63, 3.8) is 0 Å². The normalized spacial score (nSPS) is 24.8. The summed E-state index contributed by atoms with van der Waals surface area (Å²) in [5.41, 5.74) is 0.956. The van der Waals surface area contributed by atoms with E-state index in [2.05, 4.69) is 52.0 Å². The van der Waals surface area contributed by atoms with E-state index in [1.165, 1.54) is 25.7 Å². The SMILES string of the molecule is CC(C)C(C)(C)C1(C2C=CC=C2)CCCC1. The van der Waals surface area contributed by atoms with Gasteiger partial charge in [-0.25, -0.2) is 0 Å². The molecule has 0 N–H and O–H groups in total.